The van der Waals surface area contributed by atoms with E-state index < -0.39 is 0 Å². The number of benzene rings is 2. The van der Waals surface area contributed by atoms with Crippen LogP contribution in [-0.2, 0) is 4.79 Å². The zero-order chi connectivity index (χ0) is 20.5. The third kappa shape index (κ3) is 3.55. The summed E-state index contributed by atoms with van der Waals surface area (Å²) in [5.74, 6) is 1.37. The maximum atomic E-state index is 12.4. The topological polar surface area (TPSA) is 91.2 Å². The highest BCUT2D eigenvalue weighted by Gasteiger charge is 2.16. The molecule has 0 spiro atoms. The zero-order valence-electron chi connectivity index (χ0n) is 16.0. The minimum absolute atomic E-state index is 0.142. The number of carbonyl (C=O) groups excluding carboxylic acids is 1. The van der Waals surface area contributed by atoms with Crippen LogP contribution in [0.25, 0.3) is 16.7 Å². The minimum Gasteiger partial charge on any atom is -0.454 e. The first-order valence-electron chi connectivity index (χ1n) is 9.25. The number of amides is 1. The van der Waals surface area contributed by atoms with Crippen LogP contribution in [0.4, 0.5) is 5.69 Å². The first-order chi connectivity index (χ1) is 14.7. The lowest BCUT2D eigenvalue weighted by atomic mass is 10.2. The Morgan fingerprint density at radius 2 is 1.97 bits per heavy atom. The van der Waals surface area contributed by atoms with Crippen LogP contribution in [0.3, 0.4) is 0 Å². The standard InChI is InChI=1S/C21H17N5O3S/c1-13-2-5-15(6-3-13)26-20-16(9-24-26)21(23-11-22-20)30-10-19(27)25-14-4-7-17-18(8-14)29-12-28-17/h2-9,11H,10,12H2,1H3,(H,25,27). The predicted molar refractivity (Wildman–Crippen MR) is 113 cm³/mol. The molecule has 30 heavy (non-hydrogen) atoms. The van der Waals surface area contributed by atoms with E-state index >= 15 is 0 Å². The number of hydrogen-bond acceptors (Lipinski definition) is 7. The third-order valence-electron chi connectivity index (χ3n) is 4.60. The van der Waals surface area contributed by atoms with Crippen LogP contribution in [0.1, 0.15) is 5.56 Å². The molecule has 3 heterocycles. The van der Waals surface area contributed by atoms with Crippen molar-refractivity contribution in [1.82, 2.24) is 19.7 Å². The van der Waals surface area contributed by atoms with E-state index in [1.54, 1.807) is 29.1 Å². The van der Waals surface area contributed by atoms with Crippen molar-refractivity contribution < 1.29 is 14.3 Å². The van der Waals surface area contributed by atoms with Crippen LogP contribution in [0, 0.1) is 6.92 Å². The quantitative estimate of drug-likeness (QED) is 0.390. The van der Waals surface area contributed by atoms with Crippen LogP contribution in [0.5, 0.6) is 11.5 Å². The van der Waals surface area contributed by atoms with E-state index in [0.717, 1.165) is 11.1 Å². The lowest BCUT2D eigenvalue weighted by molar-refractivity contribution is -0.113. The van der Waals surface area contributed by atoms with Crippen molar-refractivity contribution in [3.63, 3.8) is 0 Å². The third-order valence-corrected chi connectivity index (χ3v) is 5.61. The number of ether oxygens (including phenoxy) is 2. The fourth-order valence-electron chi connectivity index (χ4n) is 3.12. The van der Waals surface area contributed by atoms with Gasteiger partial charge in [-0.2, -0.15) is 5.10 Å². The van der Waals surface area contributed by atoms with E-state index in [0.29, 0.717) is 27.9 Å². The van der Waals surface area contributed by atoms with Crippen molar-refractivity contribution >= 4 is 34.4 Å². The Hall–Kier alpha value is -3.59. The average Bonchev–Trinajstić information content (AvgIpc) is 3.39. The molecule has 150 valence electrons. The number of carbonyl (C=O) groups is 1. The van der Waals surface area contributed by atoms with Crippen molar-refractivity contribution in [2.75, 3.05) is 17.9 Å². The van der Waals surface area contributed by atoms with E-state index in [1.165, 1.54) is 23.7 Å². The monoisotopic (exact) mass is 419 g/mol. The molecule has 0 aliphatic carbocycles. The van der Waals surface area contributed by atoms with Crippen molar-refractivity contribution in [1.29, 1.82) is 0 Å². The largest absolute Gasteiger partial charge is 0.454 e. The Bertz CT molecular complexity index is 1240. The molecule has 5 rings (SSSR count). The second-order valence-corrected chi connectivity index (χ2v) is 7.68. The normalized spacial score (nSPS) is 12.3. The molecule has 0 fully saturated rings. The van der Waals surface area contributed by atoms with E-state index in [2.05, 4.69) is 20.4 Å². The maximum absolute atomic E-state index is 12.4. The Balaban J connectivity index is 1.31. The fourth-order valence-corrected chi connectivity index (χ4v) is 3.88. The lowest BCUT2D eigenvalue weighted by Gasteiger charge is -2.07. The second kappa shape index (κ2) is 7.68. The number of anilines is 1. The number of aromatic nitrogens is 4. The van der Waals surface area contributed by atoms with Gasteiger partial charge in [-0.3, -0.25) is 4.79 Å². The summed E-state index contributed by atoms with van der Waals surface area (Å²) in [6.45, 7) is 2.24. The van der Waals surface area contributed by atoms with E-state index in [4.69, 9.17) is 9.47 Å². The molecule has 1 amide bonds. The summed E-state index contributed by atoms with van der Waals surface area (Å²) in [5, 5.41) is 8.84. The first-order valence-corrected chi connectivity index (χ1v) is 10.2. The Morgan fingerprint density at radius 1 is 1.13 bits per heavy atom. The van der Waals surface area contributed by atoms with Gasteiger partial charge >= 0.3 is 0 Å². The molecular weight excluding hydrogens is 402 g/mol. The Kier molecular flexibility index (Phi) is 4.72. The summed E-state index contributed by atoms with van der Waals surface area (Å²) in [4.78, 5) is 21.1. The van der Waals surface area contributed by atoms with Crippen LogP contribution in [-0.4, -0.2) is 38.2 Å². The van der Waals surface area contributed by atoms with Gasteiger partial charge in [0.15, 0.2) is 17.1 Å². The van der Waals surface area contributed by atoms with Crippen LogP contribution < -0.4 is 14.8 Å². The highest BCUT2D eigenvalue weighted by atomic mass is 32.2. The Morgan fingerprint density at radius 3 is 2.83 bits per heavy atom. The summed E-state index contributed by atoms with van der Waals surface area (Å²) in [6, 6.07) is 13.4. The molecule has 0 radical (unpaired) electrons. The van der Waals surface area contributed by atoms with Crippen LogP contribution in [0.2, 0.25) is 0 Å². The number of fused-ring (bicyclic) bond motifs is 2. The molecule has 2 aromatic carbocycles. The van der Waals surface area contributed by atoms with Crippen molar-refractivity contribution in [2.45, 2.75) is 11.9 Å². The van der Waals surface area contributed by atoms with E-state index in [9.17, 15) is 4.79 Å². The second-order valence-electron chi connectivity index (χ2n) is 6.71. The molecular formula is C21H17N5O3S. The van der Waals surface area contributed by atoms with Crippen molar-refractivity contribution in [3.05, 3.63) is 60.6 Å². The van der Waals surface area contributed by atoms with Gasteiger partial charge in [-0.15, -0.1) is 0 Å². The van der Waals surface area contributed by atoms with Gasteiger partial charge in [-0.25, -0.2) is 14.6 Å². The molecule has 9 heteroatoms. The highest BCUT2D eigenvalue weighted by molar-refractivity contribution is 8.00. The SMILES string of the molecule is Cc1ccc(-n2ncc3c(SCC(=O)Nc4ccc5c(c4)OCO5)ncnc32)cc1. The fraction of sp³-hybridized carbons (Fsp3) is 0.143. The number of nitrogens with one attached hydrogen (secondary N) is 1. The molecule has 0 saturated heterocycles. The minimum atomic E-state index is -0.142. The van der Waals surface area contributed by atoms with Gasteiger partial charge in [-0.05, 0) is 31.2 Å². The molecule has 1 aliphatic rings. The van der Waals surface area contributed by atoms with Gasteiger partial charge in [0.25, 0.3) is 0 Å². The molecule has 0 unspecified atom stereocenters. The van der Waals surface area contributed by atoms with Crippen LogP contribution in [0.15, 0.2) is 60.0 Å². The summed E-state index contributed by atoms with van der Waals surface area (Å²) >= 11 is 1.34. The van der Waals surface area contributed by atoms with E-state index in [-0.39, 0.29) is 18.5 Å². The summed E-state index contributed by atoms with van der Waals surface area (Å²) in [5.41, 5.74) is 3.46. The van der Waals surface area contributed by atoms with Gasteiger partial charge in [0.1, 0.15) is 11.4 Å². The van der Waals surface area contributed by atoms with Gasteiger partial charge in [0.05, 0.1) is 23.0 Å². The maximum Gasteiger partial charge on any atom is 0.234 e. The molecule has 1 N–H and O–H groups in total. The predicted octanol–water partition coefficient (Wildman–Crippen LogP) is 3.58. The van der Waals surface area contributed by atoms with Crippen LogP contribution >= 0.6 is 11.8 Å². The van der Waals surface area contributed by atoms with E-state index in [1.807, 2.05) is 31.2 Å². The van der Waals surface area contributed by atoms with Crippen molar-refractivity contribution in [2.24, 2.45) is 0 Å². The number of hydrogen-bond donors (Lipinski definition) is 1. The number of rotatable bonds is 5. The summed E-state index contributed by atoms with van der Waals surface area (Å²) in [7, 11) is 0. The molecule has 0 saturated carbocycles. The highest BCUT2D eigenvalue weighted by Crippen LogP contribution is 2.34. The average molecular weight is 419 g/mol. The number of nitrogens with zero attached hydrogens (tertiary/aromatic N) is 4. The summed E-state index contributed by atoms with van der Waals surface area (Å²) < 4.78 is 12.4. The molecule has 0 bridgehead atoms. The molecule has 1 aliphatic heterocycles. The van der Waals surface area contributed by atoms with Crippen molar-refractivity contribution in [3.8, 4) is 17.2 Å². The first kappa shape index (κ1) is 18.4. The Labute approximate surface area is 176 Å². The van der Waals surface area contributed by atoms with Gasteiger partial charge < -0.3 is 14.8 Å². The molecule has 2 aromatic heterocycles. The molecule has 0 atom stereocenters. The lowest BCUT2D eigenvalue weighted by Crippen LogP contribution is -2.14. The number of aryl methyl sites for hydroxylation is 1. The molecule has 8 nitrogen and oxygen atoms in total. The van der Waals surface area contributed by atoms with Gasteiger partial charge in [0.2, 0.25) is 12.7 Å². The summed E-state index contributed by atoms with van der Waals surface area (Å²) in [6.07, 6.45) is 3.22. The molecule has 4 aromatic rings. The van der Waals surface area contributed by atoms with Gasteiger partial charge in [0, 0.05) is 11.8 Å². The number of thioether (sulfide) groups is 1. The zero-order valence-corrected chi connectivity index (χ0v) is 16.8. The smallest absolute Gasteiger partial charge is 0.234 e. The van der Waals surface area contributed by atoms with Gasteiger partial charge in [-0.1, -0.05) is 29.5 Å².